The monoisotopic (exact) mass is 364 g/mol. The largest absolute Gasteiger partial charge is 0.490 e. The van der Waals surface area contributed by atoms with E-state index >= 15 is 0 Å². The van der Waals surface area contributed by atoms with Crippen LogP contribution >= 0.6 is 0 Å². The first-order valence-corrected chi connectivity index (χ1v) is 10.5. The summed E-state index contributed by atoms with van der Waals surface area (Å²) in [5.74, 6) is 2.37. The summed E-state index contributed by atoms with van der Waals surface area (Å²) >= 11 is 0. The minimum absolute atomic E-state index is 0.183. The minimum Gasteiger partial charge on any atom is -0.490 e. The van der Waals surface area contributed by atoms with Crippen LogP contribution in [0.1, 0.15) is 38.5 Å². The third-order valence-corrected chi connectivity index (χ3v) is 6.33. The molecule has 1 aliphatic heterocycles. The number of amides is 1. The fraction of sp³-hybridized carbons (Fsp3) is 0.522. The van der Waals surface area contributed by atoms with E-state index in [1.165, 1.54) is 23.7 Å². The summed E-state index contributed by atoms with van der Waals surface area (Å²) in [5.41, 5.74) is 1.28. The van der Waals surface area contributed by atoms with Crippen molar-refractivity contribution in [3.63, 3.8) is 0 Å². The van der Waals surface area contributed by atoms with Gasteiger partial charge in [0.2, 0.25) is 5.91 Å². The molecule has 1 aromatic heterocycles. The predicted molar refractivity (Wildman–Crippen MR) is 107 cm³/mol. The fourth-order valence-corrected chi connectivity index (χ4v) is 4.49. The van der Waals surface area contributed by atoms with Crippen LogP contribution in [0.15, 0.2) is 42.6 Å². The highest BCUT2D eigenvalue weighted by Crippen LogP contribution is 2.34. The van der Waals surface area contributed by atoms with Gasteiger partial charge in [-0.2, -0.15) is 0 Å². The van der Waals surface area contributed by atoms with E-state index in [1.54, 1.807) is 0 Å². The number of piperidine rings is 1. The number of allylic oxidation sites excluding steroid dienone is 2. The van der Waals surface area contributed by atoms with Crippen LogP contribution in [0.2, 0.25) is 0 Å². The van der Waals surface area contributed by atoms with Crippen LogP contribution in [-0.4, -0.2) is 34.6 Å². The van der Waals surface area contributed by atoms with Crippen molar-refractivity contribution in [3.8, 4) is 5.75 Å². The van der Waals surface area contributed by atoms with E-state index in [2.05, 4.69) is 47.2 Å². The third kappa shape index (κ3) is 3.50. The molecule has 1 aromatic carbocycles. The number of hydrogen-bond donors (Lipinski definition) is 0. The van der Waals surface area contributed by atoms with Crippen LogP contribution in [0.3, 0.4) is 0 Å². The molecular formula is C23H28N2O2. The van der Waals surface area contributed by atoms with Gasteiger partial charge in [0, 0.05) is 50.0 Å². The van der Waals surface area contributed by atoms with Crippen molar-refractivity contribution in [2.45, 2.75) is 51.2 Å². The van der Waals surface area contributed by atoms with E-state index < -0.39 is 0 Å². The number of ether oxygens (including phenoxy) is 1. The van der Waals surface area contributed by atoms with Crippen molar-refractivity contribution in [2.24, 2.45) is 11.8 Å². The number of rotatable bonds is 5. The van der Waals surface area contributed by atoms with Gasteiger partial charge in [-0.3, -0.25) is 4.79 Å². The van der Waals surface area contributed by atoms with E-state index in [0.29, 0.717) is 5.91 Å². The average Bonchev–Trinajstić information content (AvgIpc) is 3.17. The summed E-state index contributed by atoms with van der Waals surface area (Å²) in [6, 6.07) is 8.58. The zero-order chi connectivity index (χ0) is 18.2. The van der Waals surface area contributed by atoms with Crippen molar-refractivity contribution < 1.29 is 9.53 Å². The quantitative estimate of drug-likeness (QED) is 0.738. The second-order valence-electron chi connectivity index (χ2n) is 8.38. The van der Waals surface area contributed by atoms with E-state index in [-0.39, 0.29) is 12.0 Å². The van der Waals surface area contributed by atoms with Crippen molar-refractivity contribution in [1.29, 1.82) is 0 Å². The highest BCUT2D eigenvalue weighted by molar-refractivity contribution is 5.86. The van der Waals surface area contributed by atoms with Gasteiger partial charge >= 0.3 is 0 Å². The summed E-state index contributed by atoms with van der Waals surface area (Å²) < 4.78 is 8.76. The molecule has 27 heavy (non-hydrogen) atoms. The molecule has 1 saturated heterocycles. The molecule has 4 heteroatoms. The Hall–Kier alpha value is -2.23. The molecule has 0 radical (unpaired) electrons. The van der Waals surface area contributed by atoms with Crippen LogP contribution in [0.5, 0.6) is 5.75 Å². The van der Waals surface area contributed by atoms with Crippen molar-refractivity contribution >= 4 is 16.8 Å². The Morgan fingerprint density at radius 3 is 2.56 bits per heavy atom. The molecule has 1 amide bonds. The van der Waals surface area contributed by atoms with E-state index in [4.69, 9.17) is 4.74 Å². The highest BCUT2D eigenvalue weighted by atomic mass is 16.5. The Labute approximate surface area is 160 Å². The van der Waals surface area contributed by atoms with E-state index in [0.717, 1.165) is 57.0 Å². The van der Waals surface area contributed by atoms with Gasteiger partial charge in [0.15, 0.2) is 0 Å². The van der Waals surface area contributed by atoms with Gasteiger partial charge in [0.1, 0.15) is 11.9 Å². The van der Waals surface area contributed by atoms with Crippen molar-refractivity contribution in [1.82, 2.24) is 9.47 Å². The molecule has 5 rings (SSSR count). The molecule has 1 saturated carbocycles. The van der Waals surface area contributed by atoms with Gasteiger partial charge in [-0.15, -0.1) is 0 Å². The van der Waals surface area contributed by atoms with Gasteiger partial charge in [-0.1, -0.05) is 18.2 Å². The lowest BCUT2D eigenvalue weighted by atomic mass is 10.0. The number of likely N-dealkylation sites (tertiary alicyclic amines) is 1. The van der Waals surface area contributed by atoms with Gasteiger partial charge in [0.05, 0.1) is 5.52 Å². The maximum Gasteiger partial charge on any atom is 0.226 e. The van der Waals surface area contributed by atoms with Crippen LogP contribution in [-0.2, 0) is 11.3 Å². The summed E-state index contributed by atoms with van der Waals surface area (Å²) in [5, 5.41) is 1.22. The lowest BCUT2D eigenvalue weighted by Crippen LogP contribution is -2.44. The average molecular weight is 364 g/mol. The Bertz CT molecular complexity index is 848. The van der Waals surface area contributed by atoms with Gasteiger partial charge in [0.25, 0.3) is 0 Å². The van der Waals surface area contributed by atoms with E-state index in [9.17, 15) is 4.79 Å². The Morgan fingerprint density at radius 2 is 1.81 bits per heavy atom. The van der Waals surface area contributed by atoms with Crippen molar-refractivity contribution in [2.75, 3.05) is 13.1 Å². The number of aromatic nitrogens is 1. The summed E-state index contributed by atoms with van der Waals surface area (Å²) in [6.07, 6.45) is 13.1. The molecule has 0 bridgehead atoms. The minimum atomic E-state index is 0.183. The number of benzene rings is 1. The topological polar surface area (TPSA) is 34.5 Å². The molecule has 2 aliphatic carbocycles. The van der Waals surface area contributed by atoms with Crippen molar-refractivity contribution in [3.05, 3.63) is 42.6 Å². The lowest BCUT2D eigenvalue weighted by molar-refractivity contribution is -0.137. The first-order chi connectivity index (χ1) is 13.3. The molecule has 0 spiro atoms. The molecule has 3 aliphatic rings. The second-order valence-corrected chi connectivity index (χ2v) is 8.38. The summed E-state index contributed by atoms with van der Waals surface area (Å²) in [6.45, 7) is 2.76. The second kappa shape index (κ2) is 7.06. The molecule has 0 atom stereocenters. The fourth-order valence-electron chi connectivity index (χ4n) is 4.49. The highest BCUT2D eigenvalue weighted by Gasteiger charge is 2.29. The summed E-state index contributed by atoms with van der Waals surface area (Å²) in [7, 11) is 0. The summed E-state index contributed by atoms with van der Waals surface area (Å²) in [4.78, 5) is 14.6. The number of carbonyl (C=O) groups is 1. The maximum absolute atomic E-state index is 12.6. The molecule has 2 heterocycles. The van der Waals surface area contributed by atoms with E-state index in [1.807, 2.05) is 4.90 Å². The predicted octanol–water partition coefficient (Wildman–Crippen LogP) is 4.39. The number of fused-ring (bicyclic) bond motifs is 1. The van der Waals surface area contributed by atoms with Gasteiger partial charge < -0.3 is 14.2 Å². The third-order valence-electron chi connectivity index (χ3n) is 6.33. The standard InChI is InChI=1S/C23H28N2O2/c26-23(18-4-1-2-5-18)24-13-10-19(11-14-24)27-22-7-3-6-21-20(22)12-15-25(21)16-17-8-9-17/h1-3,6-7,12,15,17-19H,4-5,8-11,13-14,16H2. The van der Waals surface area contributed by atoms with Crippen LogP contribution in [0.4, 0.5) is 0 Å². The number of hydrogen-bond acceptors (Lipinski definition) is 2. The number of carbonyl (C=O) groups excluding carboxylic acids is 1. The van der Waals surface area contributed by atoms with Crippen LogP contribution in [0.25, 0.3) is 10.9 Å². The zero-order valence-corrected chi connectivity index (χ0v) is 15.8. The molecular weight excluding hydrogens is 336 g/mol. The Balaban J connectivity index is 1.22. The molecule has 0 unspecified atom stereocenters. The molecule has 4 nitrogen and oxygen atoms in total. The van der Waals surface area contributed by atoms with Gasteiger partial charge in [-0.25, -0.2) is 0 Å². The SMILES string of the molecule is O=C(C1CC=CC1)N1CCC(Oc2cccc3c2ccn3CC2CC2)CC1. The molecule has 142 valence electrons. The normalized spacial score (nSPS) is 21.3. The first-order valence-electron chi connectivity index (χ1n) is 10.5. The molecule has 2 fully saturated rings. The first kappa shape index (κ1) is 16.9. The van der Waals surface area contributed by atoms with Gasteiger partial charge in [-0.05, 0) is 49.8 Å². The number of nitrogens with zero attached hydrogens (tertiary/aromatic N) is 2. The van der Waals surface area contributed by atoms with Crippen LogP contribution in [0, 0.1) is 11.8 Å². The maximum atomic E-state index is 12.6. The smallest absolute Gasteiger partial charge is 0.226 e. The molecule has 2 aromatic rings. The zero-order valence-electron chi connectivity index (χ0n) is 15.8. The van der Waals surface area contributed by atoms with Crippen LogP contribution < -0.4 is 4.74 Å². The molecule has 0 N–H and O–H groups in total. The lowest BCUT2D eigenvalue weighted by Gasteiger charge is -2.33. The Morgan fingerprint density at radius 1 is 1.04 bits per heavy atom. The Kier molecular flexibility index (Phi) is 4.42.